The first-order valence-electron chi connectivity index (χ1n) is 5.59. The number of anilines is 1. The molecule has 0 saturated heterocycles. The molecular formula is C13H11N3OS. The zero-order chi connectivity index (χ0) is 12.5. The number of hydrogen-bond acceptors (Lipinski definition) is 5. The second-order valence-corrected chi connectivity index (χ2v) is 4.92. The Bertz CT molecular complexity index is 763. The molecule has 0 fully saturated rings. The van der Waals surface area contributed by atoms with Crippen LogP contribution < -0.4 is 5.32 Å². The van der Waals surface area contributed by atoms with E-state index in [4.69, 9.17) is 4.42 Å². The molecule has 1 unspecified atom stereocenters. The highest BCUT2D eigenvalue weighted by atomic mass is 32.1. The number of fused-ring (bicyclic) bond motifs is 3. The standard InChI is InChI=1S/C13H11N3OS/c1-3-4-8(2)15-13-16-12-10(18-13)6-5-9-11(12)14-7-17-9/h5-8H,1-2H3,(H,15,16). The molecule has 0 aliphatic rings. The minimum Gasteiger partial charge on any atom is -0.443 e. The summed E-state index contributed by atoms with van der Waals surface area (Å²) in [5.74, 6) is 5.93. The van der Waals surface area contributed by atoms with Crippen molar-refractivity contribution < 1.29 is 4.42 Å². The minimum absolute atomic E-state index is 0.0864. The zero-order valence-electron chi connectivity index (χ0n) is 10.0. The van der Waals surface area contributed by atoms with Gasteiger partial charge in [0.05, 0.1) is 10.7 Å². The molecule has 3 rings (SSSR count). The van der Waals surface area contributed by atoms with Crippen molar-refractivity contribution in [2.45, 2.75) is 19.9 Å². The Morgan fingerprint density at radius 3 is 3.11 bits per heavy atom. The number of nitrogens with zero attached hydrogens (tertiary/aromatic N) is 2. The largest absolute Gasteiger partial charge is 0.443 e. The van der Waals surface area contributed by atoms with Crippen molar-refractivity contribution in [3.8, 4) is 11.8 Å². The van der Waals surface area contributed by atoms with Crippen LogP contribution in [0, 0.1) is 11.8 Å². The van der Waals surface area contributed by atoms with Crippen LogP contribution in [0.4, 0.5) is 5.13 Å². The molecule has 0 aliphatic carbocycles. The van der Waals surface area contributed by atoms with E-state index in [1.807, 2.05) is 26.0 Å². The maximum absolute atomic E-state index is 5.27. The minimum atomic E-state index is 0.0864. The molecule has 0 radical (unpaired) electrons. The van der Waals surface area contributed by atoms with Crippen LogP contribution in [-0.2, 0) is 0 Å². The molecule has 4 nitrogen and oxygen atoms in total. The number of benzene rings is 1. The molecule has 0 aliphatic heterocycles. The lowest BCUT2D eigenvalue weighted by molar-refractivity contribution is 0.602. The summed E-state index contributed by atoms with van der Waals surface area (Å²) in [4.78, 5) is 8.75. The predicted octanol–water partition coefficient (Wildman–Crippen LogP) is 3.26. The van der Waals surface area contributed by atoms with Gasteiger partial charge in [0.1, 0.15) is 11.0 Å². The van der Waals surface area contributed by atoms with Gasteiger partial charge in [0.15, 0.2) is 17.1 Å². The molecule has 18 heavy (non-hydrogen) atoms. The van der Waals surface area contributed by atoms with Crippen LogP contribution in [-0.4, -0.2) is 16.0 Å². The van der Waals surface area contributed by atoms with Crippen LogP contribution >= 0.6 is 11.3 Å². The van der Waals surface area contributed by atoms with Crippen LogP contribution in [0.2, 0.25) is 0 Å². The van der Waals surface area contributed by atoms with E-state index in [0.717, 1.165) is 26.4 Å². The third-order valence-corrected chi connectivity index (χ3v) is 3.51. The summed E-state index contributed by atoms with van der Waals surface area (Å²) in [5, 5.41) is 4.12. The first-order chi connectivity index (χ1) is 8.78. The van der Waals surface area contributed by atoms with Gasteiger partial charge in [-0.3, -0.25) is 0 Å². The van der Waals surface area contributed by atoms with Crippen LogP contribution in [0.5, 0.6) is 0 Å². The molecule has 1 aromatic carbocycles. The molecular weight excluding hydrogens is 246 g/mol. The third-order valence-electron chi connectivity index (χ3n) is 2.56. The molecule has 90 valence electrons. The summed E-state index contributed by atoms with van der Waals surface area (Å²) < 4.78 is 6.36. The van der Waals surface area contributed by atoms with E-state index in [9.17, 15) is 0 Å². The first kappa shape index (κ1) is 11.1. The summed E-state index contributed by atoms with van der Waals surface area (Å²) in [6, 6.07) is 4.01. The predicted molar refractivity (Wildman–Crippen MR) is 73.7 cm³/mol. The van der Waals surface area contributed by atoms with Crippen molar-refractivity contribution in [2.75, 3.05) is 5.32 Å². The van der Waals surface area contributed by atoms with Crippen molar-refractivity contribution in [1.82, 2.24) is 9.97 Å². The Balaban J connectivity index is 2.06. The van der Waals surface area contributed by atoms with Crippen molar-refractivity contribution >= 4 is 37.8 Å². The first-order valence-corrected chi connectivity index (χ1v) is 6.41. The maximum Gasteiger partial charge on any atom is 0.184 e. The summed E-state index contributed by atoms with van der Waals surface area (Å²) in [6.07, 6.45) is 1.45. The second kappa shape index (κ2) is 4.31. The van der Waals surface area contributed by atoms with Crippen LogP contribution in [0.15, 0.2) is 22.9 Å². The van der Waals surface area contributed by atoms with Gasteiger partial charge < -0.3 is 9.73 Å². The van der Waals surface area contributed by atoms with Crippen molar-refractivity contribution in [1.29, 1.82) is 0 Å². The van der Waals surface area contributed by atoms with Crippen molar-refractivity contribution in [2.24, 2.45) is 0 Å². The number of hydrogen-bond donors (Lipinski definition) is 1. The molecule has 0 amide bonds. The fraction of sp³-hybridized carbons (Fsp3) is 0.231. The van der Waals surface area contributed by atoms with Gasteiger partial charge in [-0.25, -0.2) is 9.97 Å². The molecule has 5 heteroatoms. The Labute approximate surface area is 108 Å². The molecule has 0 spiro atoms. The number of nitrogens with one attached hydrogen (secondary N) is 1. The Hall–Kier alpha value is -2.06. The van der Waals surface area contributed by atoms with E-state index in [0.29, 0.717) is 0 Å². The van der Waals surface area contributed by atoms with Gasteiger partial charge in [-0.2, -0.15) is 0 Å². The zero-order valence-corrected chi connectivity index (χ0v) is 10.8. The number of rotatable bonds is 2. The average molecular weight is 257 g/mol. The lowest BCUT2D eigenvalue weighted by Crippen LogP contribution is -2.11. The lowest BCUT2D eigenvalue weighted by Gasteiger charge is -2.03. The van der Waals surface area contributed by atoms with Gasteiger partial charge in [0.25, 0.3) is 0 Å². The highest BCUT2D eigenvalue weighted by Crippen LogP contribution is 2.31. The Kier molecular flexibility index (Phi) is 2.65. The lowest BCUT2D eigenvalue weighted by atomic mass is 10.3. The molecule has 0 saturated carbocycles. The number of aromatic nitrogens is 2. The smallest absolute Gasteiger partial charge is 0.184 e. The van der Waals surface area contributed by atoms with Gasteiger partial charge in [-0.05, 0) is 26.0 Å². The van der Waals surface area contributed by atoms with E-state index in [1.165, 1.54) is 6.39 Å². The van der Waals surface area contributed by atoms with Crippen LogP contribution in [0.1, 0.15) is 13.8 Å². The fourth-order valence-electron chi connectivity index (χ4n) is 1.82. The van der Waals surface area contributed by atoms with Gasteiger partial charge >= 0.3 is 0 Å². The van der Waals surface area contributed by atoms with Gasteiger partial charge in [-0.15, -0.1) is 5.92 Å². The van der Waals surface area contributed by atoms with Crippen molar-refractivity contribution in [3.63, 3.8) is 0 Å². The number of oxazole rings is 1. The normalized spacial score (nSPS) is 12.3. The highest BCUT2D eigenvalue weighted by molar-refractivity contribution is 7.22. The van der Waals surface area contributed by atoms with E-state index in [2.05, 4.69) is 27.1 Å². The van der Waals surface area contributed by atoms with Crippen molar-refractivity contribution in [3.05, 3.63) is 18.5 Å². The number of thiazole rings is 1. The summed E-state index contributed by atoms with van der Waals surface area (Å²) in [6.45, 7) is 3.84. The SMILES string of the molecule is CC#CC(C)Nc1nc2c(ccc3ocnc32)s1. The van der Waals surface area contributed by atoms with Gasteiger partial charge in [0, 0.05) is 0 Å². The molecule has 1 atom stereocenters. The molecule has 2 heterocycles. The summed E-state index contributed by atoms with van der Waals surface area (Å²) in [7, 11) is 0. The topological polar surface area (TPSA) is 51.0 Å². The summed E-state index contributed by atoms with van der Waals surface area (Å²) in [5.41, 5.74) is 2.46. The Morgan fingerprint density at radius 2 is 2.28 bits per heavy atom. The molecule has 3 aromatic rings. The third kappa shape index (κ3) is 1.81. The average Bonchev–Trinajstić information content (AvgIpc) is 2.92. The molecule has 2 aromatic heterocycles. The molecule has 0 bridgehead atoms. The second-order valence-electron chi connectivity index (χ2n) is 3.89. The highest BCUT2D eigenvalue weighted by Gasteiger charge is 2.11. The van der Waals surface area contributed by atoms with E-state index < -0.39 is 0 Å². The van der Waals surface area contributed by atoms with E-state index in [1.54, 1.807) is 11.3 Å². The van der Waals surface area contributed by atoms with E-state index >= 15 is 0 Å². The fourth-order valence-corrected chi connectivity index (χ4v) is 2.77. The van der Waals surface area contributed by atoms with E-state index in [-0.39, 0.29) is 6.04 Å². The molecule has 1 N–H and O–H groups in total. The summed E-state index contributed by atoms with van der Waals surface area (Å²) >= 11 is 1.60. The quantitative estimate of drug-likeness (QED) is 0.716. The Morgan fingerprint density at radius 1 is 1.39 bits per heavy atom. The van der Waals surface area contributed by atoms with Gasteiger partial charge in [0.2, 0.25) is 0 Å². The van der Waals surface area contributed by atoms with Crippen LogP contribution in [0.25, 0.3) is 21.3 Å². The van der Waals surface area contributed by atoms with Gasteiger partial charge in [-0.1, -0.05) is 17.3 Å². The maximum atomic E-state index is 5.27. The van der Waals surface area contributed by atoms with Crippen LogP contribution in [0.3, 0.4) is 0 Å². The monoisotopic (exact) mass is 257 g/mol.